The van der Waals surface area contributed by atoms with Crippen molar-refractivity contribution in [3.63, 3.8) is 0 Å². The van der Waals surface area contributed by atoms with Crippen LogP contribution in [-0.4, -0.2) is 12.1 Å². The molecule has 1 aliphatic rings. The van der Waals surface area contributed by atoms with Crippen molar-refractivity contribution in [1.82, 2.24) is 0 Å². The molecule has 0 saturated heterocycles. The first kappa shape index (κ1) is 23.2. The minimum absolute atomic E-state index is 0.00400. The van der Waals surface area contributed by atoms with Gasteiger partial charge >= 0.3 is 5.97 Å². The summed E-state index contributed by atoms with van der Waals surface area (Å²) in [5, 5.41) is 10.2. The number of benzene rings is 3. The second-order valence-electron chi connectivity index (χ2n) is 7.86. The molecule has 2 N–H and O–H groups in total. The molecule has 0 radical (unpaired) electrons. The Hall–Kier alpha value is -3.95. The van der Waals surface area contributed by atoms with Gasteiger partial charge in [-0.1, -0.05) is 48.9 Å². The normalized spacial score (nSPS) is 15.5. The first-order valence-electron chi connectivity index (χ1n) is 10.8. The fraction of sp³-hybridized carbons (Fsp3) is 0.185. The predicted molar refractivity (Wildman–Crippen MR) is 129 cm³/mol. The van der Waals surface area contributed by atoms with Crippen LogP contribution < -0.4 is 19.9 Å². The highest BCUT2D eigenvalue weighted by Gasteiger charge is 2.31. The molecule has 0 bridgehead atoms. The van der Waals surface area contributed by atoms with Crippen LogP contribution in [0.3, 0.4) is 0 Å². The third-order valence-corrected chi connectivity index (χ3v) is 5.80. The minimum atomic E-state index is -0.821. The topological polar surface area (TPSA) is 94.6 Å². The summed E-state index contributed by atoms with van der Waals surface area (Å²) in [6, 6.07) is 21.9. The zero-order valence-corrected chi connectivity index (χ0v) is 19.5. The van der Waals surface area contributed by atoms with Crippen molar-refractivity contribution in [3.8, 4) is 23.3 Å². The van der Waals surface area contributed by atoms with Gasteiger partial charge in [-0.05, 0) is 54.8 Å². The van der Waals surface area contributed by atoms with Crippen molar-refractivity contribution in [1.29, 1.82) is 5.26 Å². The summed E-state index contributed by atoms with van der Waals surface area (Å²) in [6.45, 7) is 3.69. The van der Waals surface area contributed by atoms with Crippen molar-refractivity contribution in [3.05, 3.63) is 99.9 Å². The average molecular weight is 475 g/mol. The van der Waals surface area contributed by atoms with Gasteiger partial charge in [-0.15, -0.1) is 0 Å². The number of hydrogen-bond donors (Lipinski definition) is 1. The van der Waals surface area contributed by atoms with Crippen LogP contribution in [0.2, 0.25) is 5.02 Å². The number of nitrogens with two attached hydrogens (primary N) is 1. The Kier molecular flexibility index (Phi) is 6.76. The molecule has 0 saturated carbocycles. The van der Waals surface area contributed by atoms with Gasteiger partial charge in [-0.3, -0.25) is 0 Å². The highest BCUT2D eigenvalue weighted by Crippen LogP contribution is 2.43. The number of fused-ring (bicyclic) bond motifs is 1. The van der Waals surface area contributed by atoms with Gasteiger partial charge in [-0.25, -0.2) is 4.79 Å². The molecule has 3 aromatic carbocycles. The van der Waals surface area contributed by atoms with Crippen LogP contribution in [0.15, 0.2) is 78.2 Å². The molecule has 4 rings (SSSR count). The van der Waals surface area contributed by atoms with Crippen LogP contribution in [0.5, 0.6) is 17.2 Å². The molecule has 6 nitrogen and oxygen atoms in total. The van der Waals surface area contributed by atoms with E-state index in [9.17, 15) is 10.1 Å². The molecule has 0 aliphatic carbocycles. The van der Waals surface area contributed by atoms with Gasteiger partial charge in [0.1, 0.15) is 28.9 Å². The van der Waals surface area contributed by atoms with Gasteiger partial charge < -0.3 is 19.9 Å². The monoisotopic (exact) mass is 474 g/mol. The number of ether oxygens (including phenoxy) is 3. The van der Waals surface area contributed by atoms with E-state index in [1.807, 2.05) is 36.4 Å². The number of rotatable bonds is 6. The van der Waals surface area contributed by atoms with Crippen molar-refractivity contribution in [2.24, 2.45) is 5.73 Å². The predicted octanol–water partition coefficient (Wildman–Crippen LogP) is 5.49. The third kappa shape index (κ3) is 4.85. The van der Waals surface area contributed by atoms with E-state index in [0.717, 1.165) is 12.0 Å². The van der Waals surface area contributed by atoms with E-state index in [4.69, 9.17) is 31.5 Å². The van der Waals surface area contributed by atoms with E-state index in [1.165, 1.54) is 5.56 Å². The lowest BCUT2D eigenvalue weighted by Gasteiger charge is -2.27. The zero-order chi connectivity index (χ0) is 24.2. The van der Waals surface area contributed by atoms with Gasteiger partial charge in [0, 0.05) is 16.7 Å². The summed E-state index contributed by atoms with van der Waals surface area (Å²) in [5.74, 6) is 0.250. The van der Waals surface area contributed by atoms with Crippen molar-refractivity contribution in [2.45, 2.75) is 32.3 Å². The van der Waals surface area contributed by atoms with E-state index < -0.39 is 18.0 Å². The summed E-state index contributed by atoms with van der Waals surface area (Å²) < 4.78 is 16.9. The van der Waals surface area contributed by atoms with Crippen LogP contribution in [0.25, 0.3) is 0 Å². The van der Waals surface area contributed by atoms with Gasteiger partial charge in [0.2, 0.25) is 5.88 Å². The lowest BCUT2D eigenvalue weighted by molar-refractivity contribution is -0.141. The molecular weight excluding hydrogens is 452 g/mol. The third-order valence-electron chi connectivity index (χ3n) is 5.57. The summed E-state index contributed by atoms with van der Waals surface area (Å²) in [6.07, 6.45) is 0.102. The first-order valence-corrected chi connectivity index (χ1v) is 11.2. The number of halogens is 1. The van der Waals surface area contributed by atoms with Crippen LogP contribution in [-0.2, 0) is 11.2 Å². The number of nitriles is 1. The fourth-order valence-corrected chi connectivity index (χ4v) is 3.98. The molecule has 0 fully saturated rings. The van der Waals surface area contributed by atoms with E-state index in [0.29, 0.717) is 22.1 Å². The van der Waals surface area contributed by atoms with Crippen molar-refractivity contribution in [2.75, 3.05) is 0 Å². The SMILES string of the molecule is CCc1ccc(OC(C)C(=O)Oc2ccc3c(c2)OC(N)=C(C#N)C3c2cccc(Cl)c2)cc1. The highest BCUT2D eigenvalue weighted by molar-refractivity contribution is 6.30. The number of carbonyl (C=O) groups excluding carboxylic acids is 1. The molecule has 2 unspecified atom stereocenters. The van der Waals surface area contributed by atoms with Crippen molar-refractivity contribution >= 4 is 17.6 Å². The Morgan fingerprint density at radius 1 is 1.15 bits per heavy atom. The van der Waals surface area contributed by atoms with E-state index >= 15 is 0 Å². The number of nitrogens with zero attached hydrogens (tertiary/aromatic N) is 1. The number of allylic oxidation sites excluding steroid dienone is 1. The van der Waals surface area contributed by atoms with Gasteiger partial charge in [-0.2, -0.15) is 5.26 Å². The summed E-state index contributed by atoms with van der Waals surface area (Å²) in [7, 11) is 0. The molecule has 0 aromatic heterocycles. The quantitative estimate of drug-likeness (QED) is 0.374. The Morgan fingerprint density at radius 2 is 1.88 bits per heavy atom. The minimum Gasteiger partial charge on any atom is -0.479 e. The number of carbonyl (C=O) groups is 1. The standard InChI is InChI=1S/C27H23ClN2O4/c1-3-17-7-9-20(10-8-17)32-16(2)27(31)33-21-11-12-22-24(14-21)34-26(30)23(15-29)25(22)18-5-4-6-19(28)13-18/h4-14,16,25H,3,30H2,1-2H3. The molecule has 172 valence electrons. The Labute approximate surface area is 203 Å². The van der Waals surface area contributed by atoms with E-state index in [2.05, 4.69) is 13.0 Å². The van der Waals surface area contributed by atoms with Crippen LogP contribution in [0, 0.1) is 11.3 Å². The first-order chi connectivity index (χ1) is 16.4. The Bertz CT molecular complexity index is 1290. The molecule has 34 heavy (non-hydrogen) atoms. The number of hydrogen-bond acceptors (Lipinski definition) is 6. The van der Waals surface area contributed by atoms with E-state index in [1.54, 1.807) is 37.3 Å². The van der Waals surface area contributed by atoms with Crippen LogP contribution in [0.4, 0.5) is 0 Å². The molecular formula is C27H23ClN2O4. The summed E-state index contributed by atoms with van der Waals surface area (Å²) in [5.41, 5.74) is 9.04. The Balaban J connectivity index is 1.55. The molecule has 0 spiro atoms. The molecule has 1 heterocycles. The largest absolute Gasteiger partial charge is 0.479 e. The van der Waals surface area contributed by atoms with Crippen LogP contribution in [0.1, 0.15) is 36.5 Å². The maximum absolute atomic E-state index is 12.6. The summed E-state index contributed by atoms with van der Waals surface area (Å²) >= 11 is 6.17. The molecule has 2 atom stereocenters. The lowest BCUT2D eigenvalue weighted by Crippen LogP contribution is -2.28. The van der Waals surface area contributed by atoms with Gasteiger partial charge in [0.05, 0.1) is 5.92 Å². The average Bonchev–Trinajstić information content (AvgIpc) is 2.83. The summed E-state index contributed by atoms with van der Waals surface area (Å²) in [4.78, 5) is 12.6. The Morgan fingerprint density at radius 3 is 2.56 bits per heavy atom. The maximum Gasteiger partial charge on any atom is 0.352 e. The second kappa shape index (κ2) is 9.90. The van der Waals surface area contributed by atoms with Crippen LogP contribution >= 0.6 is 11.6 Å². The van der Waals surface area contributed by atoms with Gasteiger partial charge in [0.25, 0.3) is 0 Å². The smallest absolute Gasteiger partial charge is 0.352 e. The molecule has 1 aliphatic heterocycles. The second-order valence-corrected chi connectivity index (χ2v) is 8.29. The lowest BCUT2D eigenvalue weighted by atomic mass is 9.83. The van der Waals surface area contributed by atoms with Crippen molar-refractivity contribution < 1.29 is 19.0 Å². The fourth-order valence-electron chi connectivity index (χ4n) is 3.78. The maximum atomic E-state index is 12.6. The number of aryl methyl sites for hydroxylation is 1. The highest BCUT2D eigenvalue weighted by atomic mass is 35.5. The van der Waals surface area contributed by atoms with Gasteiger partial charge in [0.15, 0.2) is 6.10 Å². The van der Waals surface area contributed by atoms with E-state index in [-0.39, 0.29) is 17.2 Å². The molecule has 0 amide bonds. The molecule has 7 heteroatoms. The number of esters is 1. The zero-order valence-electron chi connectivity index (χ0n) is 18.7. The molecule has 3 aromatic rings.